The summed E-state index contributed by atoms with van der Waals surface area (Å²) in [6.45, 7) is 9.66. The van der Waals surface area contributed by atoms with Crippen LogP contribution in [0.4, 0.5) is 4.79 Å². The van der Waals surface area contributed by atoms with E-state index in [0.29, 0.717) is 5.75 Å². The fourth-order valence-corrected chi connectivity index (χ4v) is 1.42. The van der Waals surface area contributed by atoms with Gasteiger partial charge >= 0.3 is 6.09 Å². The molecule has 1 N–H and O–H groups in total. The molecule has 15 heavy (non-hydrogen) atoms. The third-order valence-corrected chi connectivity index (χ3v) is 2.32. The van der Waals surface area contributed by atoms with Crippen LogP contribution in [0, 0.1) is 5.41 Å². The summed E-state index contributed by atoms with van der Waals surface area (Å²) in [6.07, 6.45) is -0.555. The maximum absolute atomic E-state index is 10.8. The number of thioether (sulfide) groups is 1. The molecule has 5 heteroatoms. The number of oxime groups is 1. The smallest absolute Gasteiger partial charge is 0.323 e. The molecule has 4 nitrogen and oxygen atoms in total. The van der Waals surface area contributed by atoms with E-state index in [0.717, 1.165) is 5.71 Å². The number of hydrogen-bond acceptors (Lipinski definition) is 4. The van der Waals surface area contributed by atoms with E-state index in [-0.39, 0.29) is 5.41 Å². The summed E-state index contributed by atoms with van der Waals surface area (Å²) in [5.74, 6) is 0.671. The van der Waals surface area contributed by atoms with Gasteiger partial charge in [0.05, 0.1) is 5.71 Å². The van der Waals surface area contributed by atoms with E-state index in [1.165, 1.54) is 18.8 Å². The van der Waals surface area contributed by atoms with Gasteiger partial charge in [0.2, 0.25) is 0 Å². The highest BCUT2D eigenvalue weighted by Gasteiger charge is 2.19. The molecule has 0 heterocycles. The Morgan fingerprint density at radius 3 is 2.60 bits per heavy atom. The Balaban J connectivity index is 4.48. The molecule has 0 bridgehead atoms. The van der Waals surface area contributed by atoms with Gasteiger partial charge in [-0.15, -0.1) is 11.8 Å². The van der Waals surface area contributed by atoms with Crippen LogP contribution in [-0.2, 0) is 4.84 Å². The standard InChI is InChI=1S/C10H18N2O2S/c1-6-15-7-8(10(2,3)4)12-14-9(13)11-5/h6H,1,7H2,2-5H3,(H,11,13). The molecule has 0 unspecified atom stereocenters. The van der Waals surface area contributed by atoms with Gasteiger partial charge in [-0.2, -0.15) is 0 Å². The second-order valence-electron chi connectivity index (χ2n) is 3.89. The molecule has 86 valence electrons. The van der Waals surface area contributed by atoms with Crippen molar-refractivity contribution in [3.8, 4) is 0 Å². The van der Waals surface area contributed by atoms with Crippen LogP contribution >= 0.6 is 11.8 Å². The quantitative estimate of drug-likeness (QED) is 0.459. The third-order valence-electron chi connectivity index (χ3n) is 1.65. The molecule has 0 rings (SSSR count). The van der Waals surface area contributed by atoms with Crippen molar-refractivity contribution in [3.05, 3.63) is 12.0 Å². The Hall–Kier alpha value is -0.970. The number of carbonyl (C=O) groups is 1. The van der Waals surface area contributed by atoms with Gasteiger partial charge in [-0.3, -0.25) is 4.84 Å². The van der Waals surface area contributed by atoms with E-state index in [4.69, 9.17) is 0 Å². The molecule has 0 fully saturated rings. The molecule has 0 aliphatic rings. The normalized spacial score (nSPS) is 12.1. The number of carbonyl (C=O) groups excluding carboxylic acids is 1. The SMILES string of the molecule is C=CSCC(=NOC(=O)NC)C(C)(C)C. The Morgan fingerprint density at radius 1 is 1.60 bits per heavy atom. The predicted octanol–water partition coefficient (Wildman–Crippen LogP) is 2.62. The third kappa shape index (κ3) is 6.17. The first kappa shape index (κ1) is 14.0. The molecule has 0 aromatic rings. The minimum Gasteiger partial charge on any atom is -0.323 e. The average Bonchev–Trinajstić information content (AvgIpc) is 2.15. The first-order valence-electron chi connectivity index (χ1n) is 4.60. The van der Waals surface area contributed by atoms with Crippen LogP contribution in [-0.4, -0.2) is 24.6 Å². The molecule has 0 aromatic carbocycles. The molecule has 1 amide bonds. The van der Waals surface area contributed by atoms with Gasteiger partial charge in [-0.25, -0.2) is 4.79 Å². The van der Waals surface area contributed by atoms with Crippen molar-refractivity contribution >= 4 is 23.6 Å². The van der Waals surface area contributed by atoms with Gasteiger partial charge < -0.3 is 5.32 Å². The van der Waals surface area contributed by atoms with E-state index in [1.807, 2.05) is 20.8 Å². The van der Waals surface area contributed by atoms with E-state index < -0.39 is 6.09 Å². The van der Waals surface area contributed by atoms with Crippen molar-refractivity contribution in [1.29, 1.82) is 0 Å². The lowest BCUT2D eigenvalue weighted by atomic mass is 9.91. The molecule has 0 saturated heterocycles. The maximum Gasteiger partial charge on any atom is 0.433 e. The lowest BCUT2D eigenvalue weighted by Gasteiger charge is -2.19. The summed E-state index contributed by atoms with van der Waals surface area (Å²) in [6, 6.07) is 0. The average molecular weight is 230 g/mol. The molecule has 0 aliphatic heterocycles. The lowest BCUT2D eigenvalue weighted by Crippen LogP contribution is -2.25. The minimum absolute atomic E-state index is 0.121. The molecule has 0 aromatic heterocycles. The van der Waals surface area contributed by atoms with Gasteiger partial charge in [-0.05, 0) is 5.41 Å². The van der Waals surface area contributed by atoms with Gasteiger partial charge in [0.25, 0.3) is 0 Å². The van der Waals surface area contributed by atoms with Crippen LogP contribution in [0.1, 0.15) is 20.8 Å². The Morgan fingerprint density at radius 2 is 2.20 bits per heavy atom. The van der Waals surface area contributed by atoms with Crippen LogP contribution in [0.25, 0.3) is 0 Å². The second kappa shape index (κ2) is 6.50. The number of nitrogens with one attached hydrogen (secondary N) is 1. The largest absolute Gasteiger partial charge is 0.433 e. The monoisotopic (exact) mass is 230 g/mol. The highest BCUT2D eigenvalue weighted by atomic mass is 32.2. The van der Waals surface area contributed by atoms with Gasteiger partial charge in [0.1, 0.15) is 0 Å². The fraction of sp³-hybridized carbons (Fsp3) is 0.600. The van der Waals surface area contributed by atoms with Crippen LogP contribution < -0.4 is 5.32 Å². The number of nitrogens with zero attached hydrogens (tertiary/aromatic N) is 1. The Labute approximate surface area is 95.1 Å². The van der Waals surface area contributed by atoms with Gasteiger partial charge in [-0.1, -0.05) is 32.5 Å². The fourth-order valence-electron chi connectivity index (χ4n) is 0.660. The molecule has 0 radical (unpaired) electrons. The molecule has 0 spiro atoms. The van der Waals surface area contributed by atoms with Crippen molar-refractivity contribution < 1.29 is 9.63 Å². The van der Waals surface area contributed by atoms with Crippen LogP contribution in [0.5, 0.6) is 0 Å². The van der Waals surface area contributed by atoms with E-state index in [2.05, 4.69) is 21.9 Å². The van der Waals surface area contributed by atoms with E-state index in [9.17, 15) is 4.79 Å². The number of hydrogen-bond donors (Lipinski definition) is 1. The molecule has 0 aliphatic carbocycles. The molecular weight excluding hydrogens is 212 g/mol. The zero-order chi connectivity index (χ0) is 11.9. The predicted molar refractivity (Wildman–Crippen MR) is 65.1 cm³/mol. The zero-order valence-corrected chi connectivity index (χ0v) is 10.5. The summed E-state index contributed by atoms with van der Waals surface area (Å²) >= 11 is 1.52. The molecule has 0 saturated carbocycles. The Bertz CT molecular complexity index is 257. The van der Waals surface area contributed by atoms with Gasteiger partial charge in [0.15, 0.2) is 0 Å². The first-order valence-corrected chi connectivity index (χ1v) is 5.65. The van der Waals surface area contributed by atoms with Crippen molar-refractivity contribution in [2.24, 2.45) is 10.6 Å². The maximum atomic E-state index is 10.8. The van der Waals surface area contributed by atoms with Gasteiger partial charge in [0, 0.05) is 18.2 Å². The lowest BCUT2D eigenvalue weighted by molar-refractivity contribution is 0.152. The minimum atomic E-state index is -0.555. The van der Waals surface area contributed by atoms with E-state index in [1.54, 1.807) is 5.41 Å². The number of rotatable bonds is 4. The zero-order valence-electron chi connectivity index (χ0n) is 9.66. The van der Waals surface area contributed by atoms with Crippen LogP contribution in [0.3, 0.4) is 0 Å². The Kier molecular flexibility index (Phi) is 6.08. The summed E-state index contributed by atoms with van der Waals surface area (Å²) in [5.41, 5.74) is 0.695. The van der Waals surface area contributed by atoms with Crippen LogP contribution in [0.15, 0.2) is 17.1 Å². The highest BCUT2D eigenvalue weighted by Crippen LogP contribution is 2.20. The summed E-state index contributed by atoms with van der Waals surface area (Å²) in [5, 5.41) is 7.91. The van der Waals surface area contributed by atoms with Crippen molar-refractivity contribution in [1.82, 2.24) is 5.32 Å². The molecule has 0 atom stereocenters. The highest BCUT2D eigenvalue weighted by molar-refractivity contribution is 8.02. The van der Waals surface area contributed by atoms with Crippen LogP contribution in [0.2, 0.25) is 0 Å². The topological polar surface area (TPSA) is 50.7 Å². The van der Waals surface area contributed by atoms with Crippen molar-refractivity contribution in [2.75, 3.05) is 12.8 Å². The number of amides is 1. The summed E-state index contributed by atoms with van der Waals surface area (Å²) in [4.78, 5) is 15.5. The van der Waals surface area contributed by atoms with Crippen molar-refractivity contribution in [2.45, 2.75) is 20.8 Å². The summed E-state index contributed by atoms with van der Waals surface area (Å²) in [7, 11) is 1.49. The second-order valence-corrected chi connectivity index (χ2v) is 4.85. The van der Waals surface area contributed by atoms with Crippen molar-refractivity contribution in [3.63, 3.8) is 0 Å². The molecular formula is C10H18N2O2S. The first-order chi connectivity index (χ1) is 6.91. The van der Waals surface area contributed by atoms with E-state index >= 15 is 0 Å². The summed E-state index contributed by atoms with van der Waals surface area (Å²) < 4.78 is 0.